The molecule has 2 aliphatic rings. The van der Waals surface area contributed by atoms with E-state index in [1.54, 1.807) is 47.7 Å². The molecule has 4 aromatic rings. The number of hydrogen-bond acceptors (Lipinski definition) is 8. The summed E-state index contributed by atoms with van der Waals surface area (Å²) < 4.78 is 5.42. The Morgan fingerprint density at radius 1 is 1.14 bits per heavy atom. The number of benzene rings is 2. The van der Waals surface area contributed by atoms with Crippen molar-refractivity contribution in [2.45, 2.75) is 13.0 Å². The second-order valence-corrected chi connectivity index (χ2v) is 8.90. The van der Waals surface area contributed by atoms with Gasteiger partial charge in [0.05, 0.1) is 27.6 Å². The molecule has 0 saturated heterocycles. The predicted octanol–water partition coefficient (Wildman–Crippen LogP) is 4.76. The monoisotopic (exact) mass is 509 g/mol. The maximum atomic E-state index is 13.1. The van der Waals surface area contributed by atoms with E-state index in [-0.39, 0.29) is 21.5 Å². The quantitative estimate of drug-likeness (QED) is 0.407. The fourth-order valence-corrected chi connectivity index (χ4v) is 5.04. The lowest BCUT2D eigenvalue weighted by atomic mass is 9.96. The molecule has 11 heteroatoms. The highest BCUT2D eigenvalue weighted by atomic mass is 35.5. The van der Waals surface area contributed by atoms with Crippen LogP contribution < -0.4 is 16.1 Å². The molecule has 6 rings (SSSR count). The number of amides is 1. The lowest BCUT2D eigenvalue weighted by Crippen LogP contribution is -2.38. The molecule has 2 aromatic carbocycles. The third-order valence-electron chi connectivity index (χ3n) is 6.04. The van der Waals surface area contributed by atoms with E-state index in [0.29, 0.717) is 42.2 Å². The summed E-state index contributed by atoms with van der Waals surface area (Å²) >= 11 is 13.1. The van der Waals surface area contributed by atoms with Gasteiger partial charge in [0.2, 0.25) is 5.82 Å². The normalized spacial score (nSPS) is 14.5. The number of anilines is 2. The Kier molecular flexibility index (Phi) is 5.25. The van der Waals surface area contributed by atoms with Crippen molar-refractivity contribution in [1.82, 2.24) is 15.4 Å². The number of nitrogens with zero attached hydrogens (tertiary/aromatic N) is 3. The maximum Gasteiger partial charge on any atom is 0.368 e. The molecule has 9 nitrogen and oxygen atoms in total. The van der Waals surface area contributed by atoms with Gasteiger partial charge in [0, 0.05) is 30.2 Å². The van der Waals surface area contributed by atoms with Crippen LogP contribution in [0.5, 0.6) is 0 Å². The van der Waals surface area contributed by atoms with Gasteiger partial charge < -0.3 is 14.2 Å². The van der Waals surface area contributed by atoms with Gasteiger partial charge in [-0.3, -0.25) is 10.2 Å². The first-order valence-corrected chi connectivity index (χ1v) is 11.5. The van der Waals surface area contributed by atoms with Crippen LogP contribution in [0.4, 0.5) is 11.5 Å². The number of pyridine rings is 1. The van der Waals surface area contributed by atoms with E-state index in [1.165, 1.54) is 0 Å². The zero-order valence-corrected chi connectivity index (χ0v) is 19.6. The number of nitrogens with one attached hydrogen (secondary N) is 2. The number of furan rings is 1. The molecule has 0 atom stereocenters. The summed E-state index contributed by atoms with van der Waals surface area (Å²) in [6.07, 6.45) is 3.63. The molecular formula is C24H17Cl2N5O4. The van der Waals surface area contributed by atoms with Crippen molar-refractivity contribution in [3.05, 3.63) is 87.2 Å². The van der Waals surface area contributed by atoms with Crippen LogP contribution in [0.25, 0.3) is 11.0 Å². The molecule has 2 aliphatic heterocycles. The first-order chi connectivity index (χ1) is 17.0. The van der Waals surface area contributed by atoms with Crippen LogP contribution >= 0.6 is 23.2 Å². The lowest BCUT2D eigenvalue weighted by Gasteiger charge is -2.30. The van der Waals surface area contributed by atoms with Gasteiger partial charge in [-0.1, -0.05) is 34.4 Å². The minimum Gasteiger partial charge on any atom is -0.464 e. The molecule has 2 aromatic heterocycles. The van der Waals surface area contributed by atoms with Crippen molar-refractivity contribution >= 4 is 57.6 Å². The fraction of sp³-hybridized carbons (Fsp3) is 0.125. The summed E-state index contributed by atoms with van der Waals surface area (Å²) in [6, 6.07) is 12.4. The maximum absolute atomic E-state index is 13.1. The van der Waals surface area contributed by atoms with Gasteiger partial charge >= 0.3 is 5.97 Å². The van der Waals surface area contributed by atoms with E-state index in [1.807, 2.05) is 12.1 Å². The summed E-state index contributed by atoms with van der Waals surface area (Å²) in [5.41, 5.74) is 9.00. The van der Waals surface area contributed by atoms with Crippen molar-refractivity contribution < 1.29 is 18.8 Å². The Labute approximate surface area is 209 Å². The van der Waals surface area contributed by atoms with Gasteiger partial charge in [0.1, 0.15) is 5.58 Å². The van der Waals surface area contributed by atoms with Crippen LogP contribution in [0.3, 0.4) is 0 Å². The molecule has 35 heavy (non-hydrogen) atoms. The van der Waals surface area contributed by atoms with Crippen molar-refractivity contribution in [3.8, 4) is 0 Å². The van der Waals surface area contributed by atoms with E-state index in [2.05, 4.69) is 15.9 Å². The number of halogens is 2. The van der Waals surface area contributed by atoms with Gasteiger partial charge in [-0.2, -0.15) is 0 Å². The molecule has 0 saturated carbocycles. The van der Waals surface area contributed by atoms with Crippen molar-refractivity contribution in [2.75, 3.05) is 17.1 Å². The summed E-state index contributed by atoms with van der Waals surface area (Å²) in [4.78, 5) is 37.5. The van der Waals surface area contributed by atoms with Crippen LogP contribution in [-0.4, -0.2) is 28.3 Å². The number of carbonyl (C=O) groups is 2. The topological polar surface area (TPSA) is 99.9 Å². The standard InChI is InChI=1S/C24H17Cl2N5O4/c25-17-10-15-12-30(23(32)14-4-3-13-6-9-34-19(13)11-14)8-5-16(15)21(26)20(17)24(33)35-31-22-18(28-29-31)2-1-7-27-22/h1-4,6-7,9-11,28-29H,5,8,12H2. The molecule has 0 bridgehead atoms. The third-order valence-corrected chi connectivity index (χ3v) is 6.76. The lowest BCUT2D eigenvalue weighted by molar-refractivity contribution is 0.0410. The van der Waals surface area contributed by atoms with Crippen LogP contribution in [0.15, 0.2) is 59.3 Å². The average Bonchev–Trinajstić information content (AvgIpc) is 3.50. The number of hydrogen-bond donors (Lipinski definition) is 2. The molecule has 0 radical (unpaired) electrons. The van der Waals surface area contributed by atoms with Crippen LogP contribution in [0.1, 0.15) is 31.8 Å². The van der Waals surface area contributed by atoms with Gasteiger partial charge in [-0.15, -0.1) is 5.53 Å². The van der Waals surface area contributed by atoms with Gasteiger partial charge in [0.25, 0.3) is 5.91 Å². The highest BCUT2D eigenvalue weighted by Gasteiger charge is 2.31. The first kappa shape index (κ1) is 21.7. The fourth-order valence-electron chi connectivity index (χ4n) is 4.30. The molecule has 2 N–H and O–H groups in total. The molecule has 0 fully saturated rings. The van der Waals surface area contributed by atoms with Crippen LogP contribution in [-0.2, 0) is 17.8 Å². The molecule has 0 spiro atoms. The smallest absolute Gasteiger partial charge is 0.368 e. The summed E-state index contributed by atoms with van der Waals surface area (Å²) in [6.45, 7) is 0.751. The minimum atomic E-state index is -0.735. The number of carbonyl (C=O) groups excluding carboxylic acids is 2. The van der Waals surface area contributed by atoms with Crippen LogP contribution in [0.2, 0.25) is 10.0 Å². The Balaban J connectivity index is 1.23. The van der Waals surface area contributed by atoms with Gasteiger partial charge in [0.15, 0.2) is 0 Å². The summed E-state index contributed by atoms with van der Waals surface area (Å²) in [5.74, 6) is -0.461. The van der Waals surface area contributed by atoms with Gasteiger partial charge in [-0.25, -0.2) is 9.78 Å². The minimum absolute atomic E-state index is 0.0568. The largest absolute Gasteiger partial charge is 0.464 e. The van der Waals surface area contributed by atoms with Crippen molar-refractivity contribution in [1.29, 1.82) is 0 Å². The van der Waals surface area contributed by atoms with E-state index < -0.39 is 5.97 Å². The first-order valence-electron chi connectivity index (χ1n) is 10.7. The SMILES string of the molecule is O=C(ON1NNc2cccnc21)c1c(Cl)cc2c(c1Cl)CCN(C(=O)c1ccc3ccoc3c1)C2. The molecule has 1 amide bonds. The number of aromatic nitrogens is 1. The molecule has 0 aliphatic carbocycles. The average molecular weight is 510 g/mol. The number of rotatable bonds is 3. The highest BCUT2D eigenvalue weighted by molar-refractivity contribution is 6.40. The van der Waals surface area contributed by atoms with E-state index in [0.717, 1.165) is 21.7 Å². The zero-order chi connectivity index (χ0) is 24.1. The van der Waals surface area contributed by atoms with E-state index >= 15 is 0 Å². The zero-order valence-electron chi connectivity index (χ0n) is 18.0. The van der Waals surface area contributed by atoms with E-state index in [9.17, 15) is 9.59 Å². The predicted molar refractivity (Wildman–Crippen MR) is 130 cm³/mol. The summed E-state index contributed by atoms with van der Waals surface area (Å²) in [5, 5.41) is 2.40. The second kappa shape index (κ2) is 8.46. The Bertz CT molecular complexity index is 1500. The van der Waals surface area contributed by atoms with E-state index in [4.69, 9.17) is 32.5 Å². The van der Waals surface area contributed by atoms with Crippen LogP contribution in [0, 0.1) is 0 Å². The third kappa shape index (κ3) is 3.74. The van der Waals surface area contributed by atoms with Crippen molar-refractivity contribution in [3.63, 3.8) is 0 Å². The molecule has 176 valence electrons. The summed E-state index contributed by atoms with van der Waals surface area (Å²) in [7, 11) is 0. The van der Waals surface area contributed by atoms with Crippen molar-refractivity contribution in [2.24, 2.45) is 0 Å². The Morgan fingerprint density at radius 2 is 2.03 bits per heavy atom. The number of hydrazine groups is 2. The Hall–Kier alpha value is -3.79. The molecule has 4 heterocycles. The molecule has 0 unspecified atom stereocenters. The number of fused-ring (bicyclic) bond motifs is 3. The van der Waals surface area contributed by atoms with Gasteiger partial charge in [-0.05, 0) is 53.9 Å². The highest BCUT2D eigenvalue weighted by Crippen LogP contribution is 2.36. The second-order valence-electron chi connectivity index (χ2n) is 8.12. The Morgan fingerprint density at radius 3 is 2.91 bits per heavy atom. The molecular weight excluding hydrogens is 493 g/mol.